The first-order valence-electron chi connectivity index (χ1n) is 6.89. The van der Waals surface area contributed by atoms with Gasteiger partial charge in [-0.25, -0.2) is 4.99 Å². The van der Waals surface area contributed by atoms with E-state index in [2.05, 4.69) is 0 Å². The lowest BCUT2D eigenvalue weighted by Gasteiger charge is -2.28. The maximum absolute atomic E-state index is 6.04. The molecule has 3 rings (SSSR count). The van der Waals surface area contributed by atoms with E-state index in [9.17, 15) is 0 Å². The molecule has 0 bridgehead atoms. The number of nitrogens with two attached hydrogens (primary N) is 1. The number of fused-ring (bicyclic) bond motifs is 1. The van der Waals surface area contributed by atoms with E-state index in [1.807, 2.05) is 24.3 Å². The van der Waals surface area contributed by atoms with Gasteiger partial charge in [-0.3, -0.25) is 0 Å². The third-order valence-electron chi connectivity index (χ3n) is 4.08. The number of hydrogen-bond donors (Lipinski definition) is 1. The molecule has 1 saturated carbocycles. The Labute approximate surface area is 113 Å². The van der Waals surface area contributed by atoms with Crippen molar-refractivity contribution >= 4 is 5.90 Å². The molecule has 1 aromatic rings. The van der Waals surface area contributed by atoms with Crippen molar-refractivity contribution in [3.63, 3.8) is 0 Å². The normalized spacial score (nSPS) is 29.4. The maximum Gasteiger partial charge on any atom is 0.220 e. The van der Waals surface area contributed by atoms with Crippen molar-refractivity contribution < 1.29 is 9.47 Å². The van der Waals surface area contributed by atoms with Crippen LogP contribution in [0.4, 0.5) is 0 Å². The highest BCUT2D eigenvalue weighted by atomic mass is 16.5. The molecule has 2 aliphatic rings. The molecule has 3 unspecified atom stereocenters. The molecule has 2 N–H and O–H groups in total. The standard InChI is InChI=1S/C15H20N2O2/c1-18-13-5-3-2-4-11(13)15-17-12-7-6-10(9-16)8-14(12)19-15/h2-5,10,12,14H,6-9,16H2,1H3. The molecule has 0 saturated heterocycles. The van der Waals surface area contributed by atoms with Crippen molar-refractivity contribution in [2.75, 3.05) is 13.7 Å². The fraction of sp³-hybridized carbons (Fsp3) is 0.533. The first-order valence-corrected chi connectivity index (χ1v) is 6.89. The third-order valence-corrected chi connectivity index (χ3v) is 4.08. The molecule has 0 amide bonds. The predicted octanol–water partition coefficient (Wildman–Crippen LogP) is 1.97. The van der Waals surface area contributed by atoms with E-state index < -0.39 is 0 Å². The molecular weight excluding hydrogens is 240 g/mol. The van der Waals surface area contributed by atoms with E-state index in [0.29, 0.717) is 12.0 Å². The van der Waals surface area contributed by atoms with Crippen LogP contribution in [0.5, 0.6) is 5.75 Å². The zero-order valence-corrected chi connectivity index (χ0v) is 11.2. The Balaban J connectivity index is 1.81. The number of rotatable bonds is 3. The molecule has 4 heteroatoms. The minimum absolute atomic E-state index is 0.196. The monoisotopic (exact) mass is 260 g/mol. The Morgan fingerprint density at radius 3 is 3.00 bits per heavy atom. The van der Waals surface area contributed by atoms with Crippen molar-refractivity contribution in [2.24, 2.45) is 16.6 Å². The van der Waals surface area contributed by atoms with E-state index in [0.717, 1.165) is 43.0 Å². The van der Waals surface area contributed by atoms with Gasteiger partial charge in [0.2, 0.25) is 5.90 Å². The minimum atomic E-state index is 0.196. The second-order valence-electron chi connectivity index (χ2n) is 5.27. The summed E-state index contributed by atoms with van der Waals surface area (Å²) in [6, 6.07) is 8.16. The highest BCUT2D eigenvalue weighted by Crippen LogP contribution is 2.34. The van der Waals surface area contributed by atoms with E-state index in [4.69, 9.17) is 20.2 Å². The van der Waals surface area contributed by atoms with Gasteiger partial charge in [-0.05, 0) is 43.9 Å². The Kier molecular flexibility index (Phi) is 3.42. The fourth-order valence-corrected chi connectivity index (χ4v) is 2.96. The fourth-order valence-electron chi connectivity index (χ4n) is 2.96. The quantitative estimate of drug-likeness (QED) is 0.904. The number of ether oxygens (including phenoxy) is 2. The van der Waals surface area contributed by atoms with Crippen LogP contribution in [0, 0.1) is 5.92 Å². The van der Waals surface area contributed by atoms with Crippen LogP contribution in [-0.2, 0) is 4.74 Å². The Bertz CT molecular complexity index is 487. The van der Waals surface area contributed by atoms with Gasteiger partial charge in [0.1, 0.15) is 11.9 Å². The Hall–Kier alpha value is -1.55. The lowest BCUT2D eigenvalue weighted by molar-refractivity contribution is 0.123. The second kappa shape index (κ2) is 5.21. The summed E-state index contributed by atoms with van der Waals surface area (Å²) in [7, 11) is 1.67. The summed E-state index contributed by atoms with van der Waals surface area (Å²) in [5, 5.41) is 0. The van der Waals surface area contributed by atoms with Gasteiger partial charge in [0.15, 0.2) is 0 Å². The average molecular weight is 260 g/mol. The number of nitrogens with zero attached hydrogens (tertiary/aromatic N) is 1. The van der Waals surface area contributed by atoms with E-state index >= 15 is 0 Å². The molecule has 0 aromatic heterocycles. The minimum Gasteiger partial charge on any atom is -0.496 e. The number of para-hydroxylation sites is 1. The van der Waals surface area contributed by atoms with Crippen molar-refractivity contribution in [1.82, 2.24) is 0 Å². The van der Waals surface area contributed by atoms with Crippen LogP contribution in [0.15, 0.2) is 29.3 Å². The predicted molar refractivity (Wildman–Crippen MR) is 74.6 cm³/mol. The Morgan fingerprint density at radius 1 is 1.37 bits per heavy atom. The summed E-state index contributed by atoms with van der Waals surface area (Å²) in [5.74, 6) is 2.12. The molecule has 0 spiro atoms. The van der Waals surface area contributed by atoms with Crippen LogP contribution >= 0.6 is 0 Å². The number of benzene rings is 1. The van der Waals surface area contributed by atoms with E-state index in [1.165, 1.54) is 0 Å². The summed E-state index contributed by atoms with van der Waals surface area (Å²) < 4.78 is 11.4. The molecule has 1 fully saturated rings. The first-order chi connectivity index (χ1) is 9.31. The molecule has 0 radical (unpaired) electrons. The third kappa shape index (κ3) is 2.32. The van der Waals surface area contributed by atoms with E-state index in [-0.39, 0.29) is 6.10 Å². The molecule has 4 nitrogen and oxygen atoms in total. The van der Waals surface area contributed by atoms with Crippen molar-refractivity contribution in [3.05, 3.63) is 29.8 Å². The summed E-state index contributed by atoms with van der Waals surface area (Å²) in [6.45, 7) is 0.747. The number of hydrogen-bond acceptors (Lipinski definition) is 4. The number of methoxy groups -OCH3 is 1. The largest absolute Gasteiger partial charge is 0.496 e. The van der Waals surface area contributed by atoms with Gasteiger partial charge in [-0.15, -0.1) is 0 Å². The molecule has 1 heterocycles. The van der Waals surface area contributed by atoms with Crippen LogP contribution in [0.1, 0.15) is 24.8 Å². The van der Waals surface area contributed by atoms with Crippen LogP contribution < -0.4 is 10.5 Å². The highest BCUT2D eigenvalue weighted by molar-refractivity contribution is 5.98. The second-order valence-corrected chi connectivity index (χ2v) is 5.27. The van der Waals surface area contributed by atoms with Gasteiger partial charge in [0, 0.05) is 0 Å². The molecular formula is C15H20N2O2. The molecule has 3 atom stereocenters. The van der Waals surface area contributed by atoms with Crippen LogP contribution in [0.2, 0.25) is 0 Å². The summed E-state index contributed by atoms with van der Waals surface area (Å²) in [5.41, 5.74) is 6.71. The van der Waals surface area contributed by atoms with Crippen molar-refractivity contribution in [3.8, 4) is 5.75 Å². The van der Waals surface area contributed by atoms with Gasteiger partial charge in [0.25, 0.3) is 0 Å². The zero-order chi connectivity index (χ0) is 13.2. The molecule has 102 valence electrons. The van der Waals surface area contributed by atoms with Crippen LogP contribution in [-0.4, -0.2) is 31.7 Å². The van der Waals surface area contributed by atoms with Gasteiger partial charge < -0.3 is 15.2 Å². The van der Waals surface area contributed by atoms with Gasteiger partial charge >= 0.3 is 0 Å². The SMILES string of the molecule is COc1ccccc1C1=NC2CCC(CN)CC2O1. The summed E-state index contributed by atoms with van der Waals surface area (Å²) in [4.78, 5) is 4.73. The van der Waals surface area contributed by atoms with E-state index in [1.54, 1.807) is 7.11 Å². The van der Waals surface area contributed by atoms with Crippen LogP contribution in [0.25, 0.3) is 0 Å². The lowest BCUT2D eigenvalue weighted by Crippen LogP contribution is -2.34. The molecule has 1 aromatic carbocycles. The Morgan fingerprint density at radius 2 is 2.21 bits per heavy atom. The van der Waals surface area contributed by atoms with Gasteiger partial charge in [-0.2, -0.15) is 0 Å². The summed E-state index contributed by atoms with van der Waals surface area (Å²) in [6.07, 6.45) is 3.44. The maximum atomic E-state index is 6.04. The number of aliphatic imine (C=N–C) groups is 1. The van der Waals surface area contributed by atoms with Crippen molar-refractivity contribution in [2.45, 2.75) is 31.4 Å². The lowest BCUT2D eigenvalue weighted by atomic mass is 9.84. The van der Waals surface area contributed by atoms with Crippen molar-refractivity contribution in [1.29, 1.82) is 0 Å². The molecule has 1 aliphatic heterocycles. The topological polar surface area (TPSA) is 56.8 Å². The summed E-state index contributed by atoms with van der Waals surface area (Å²) >= 11 is 0. The highest BCUT2D eigenvalue weighted by Gasteiger charge is 2.37. The van der Waals surface area contributed by atoms with Crippen LogP contribution in [0.3, 0.4) is 0 Å². The smallest absolute Gasteiger partial charge is 0.220 e. The van der Waals surface area contributed by atoms with Gasteiger partial charge in [-0.1, -0.05) is 12.1 Å². The molecule has 1 aliphatic carbocycles. The zero-order valence-electron chi connectivity index (χ0n) is 11.2. The first kappa shape index (κ1) is 12.5. The van der Waals surface area contributed by atoms with Gasteiger partial charge in [0.05, 0.1) is 18.7 Å². The molecule has 19 heavy (non-hydrogen) atoms. The average Bonchev–Trinajstić information content (AvgIpc) is 2.89.